The van der Waals surface area contributed by atoms with Gasteiger partial charge in [0.05, 0.1) is 6.61 Å². The van der Waals surface area contributed by atoms with Gasteiger partial charge in [-0.25, -0.2) is 19.6 Å². The van der Waals surface area contributed by atoms with E-state index in [0.717, 1.165) is 24.8 Å². The molecule has 1 aliphatic heterocycles. The molecule has 3 heterocycles. The lowest BCUT2D eigenvalue weighted by Crippen LogP contribution is -2.42. The van der Waals surface area contributed by atoms with Gasteiger partial charge in [0.1, 0.15) is 22.9 Å². The number of esters is 1. The summed E-state index contributed by atoms with van der Waals surface area (Å²) in [5, 5.41) is 2.82. The van der Waals surface area contributed by atoms with E-state index in [-0.39, 0.29) is 30.2 Å². The van der Waals surface area contributed by atoms with Crippen molar-refractivity contribution in [1.82, 2.24) is 19.9 Å². The SMILES string of the molecule is CCOC(=O)c1[nH]c(C2CCCN(C(=O)OC(C)(C)C)C2)nc1-c1ccc(C(=O)Nc2cc(CC)ccn2)cc1. The Balaban J connectivity index is 1.56. The van der Waals surface area contributed by atoms with Crippen molar-refractivity contribution in [2.45, 2.75) is 65.4 Å². The van der Waals surface area contributed by atoms with E-state index in [9.17, 15) is 14.4 Å². The zero-order valence-electron chi connectivity index (χ0n) is 23.7. The highest BCUT2D eigenvalue weighted by atomic mass is 16.6. The summed E-state index contributed by atoms with van der Waals surface area (Å²) >= 11 is 0. The third-order valence-electron chi connectivity index (χ3n) is 6.56. The van der Waals surface area contributed by atoms with Gasteiger partial charge in [0.25, 0.3) is 5.91 Å². The molecule has 1 fully saturated rings. The minimum Gasteiger partial charge on any atom is -0.461 e. The smallest absolute Gasteiger partial charge is 0.410 e. The van der Waals surface area contributed by atoms with Gasteiger partial charge < -0.3 is 24.7 Å². The number of nitrogens with zero attached hydrogens (tertiary/aromatic N) is 3. The van der Waals surface area contributed by atoms with Crippen LogP contribution in [-0.4, -0.2) is 63.1 Å². The number of aromatic amines is 1. The lowest BCUT2D eigenvalue weighted by atomic mass is 9.98. The zero-order valence-corrected chi connectivity index (χ0v) is 23.7. The molecule has 2 N–H and O–H groups in total. The summed E-state index contributed by atoms with van der Waals surface area (Å²) in [5.41, 5.74) is 2.27. The van der Waals surface area contributed by atoms with Crippen molar-refractivity contribution in [3.8, 4) is 11.3 Å². The van der Waals surface area contributed by atoms with E-state index in [4.69, 9.17) is 14.5 Å². The van der Waals surface area contributed by atoms with Gasteiger partial charge in [-0.1, -0.05) is 19.1 Å². The monoisotopic (exact) mass is 547 g/mol. The van der Waals surface area contributed by atoms with Gasteiger partial charge in [0.2, 0.25) is 0 Å². The predicted octanol–water partition coefficient (Wildman–Crippen LogP) is 5.58. The second kappa shape index (κ2) is 12.3. The molecule has 1 unspecified atom stereocenters. The van der Waals surface area contributed by atoms with E-state index in [1.165, 1.54) is 0 Å². The first-order valence-corrected chi connectivity index (χ1v) is 13.7. The van der Waals surface area contributed by atoms with Crippen LogP contribution in [0.1, 0.15) is 85.6 Å². The molecule has 1 aliphatic rings. The number of anilines is 1. The van der Waals surface area contributed by atoms with Crippen LogP contribution in [0.25, 0.3) is 11.3 Å². The molecule has 0 bridgehead atoms. The third kappa shape index (κ3) is 7.05. The molecular weight excluding hydrogens is 510 g/mol. The maximum atomic E-state index is 12.8. The molecule has 0 saturated carbocycles. The Morgan fingerprint density at radius 1 is 1.12 bits per heavy atom. The number of H-pyrrole nitrogens is 1. The number of rotatable bonds is 7. The standard InChI is InChI=1S/C30H37N5O5/c1-6-19-14-15-31-23(17-19)32-27(36)21-12-10-20(11-13-21)24-25(28(37)39-7-2)34-26(33-24)22-9-8-16-35(18-22)29(38)40-30(3,4)5/h10-15,17,22H,6-9,16,18H2,1-5H3,(H,33,34)(H,31,32,36). The molecule has 1 atom stereocenters. The van der Waals surface area contributed by atoms with Crippen LogP contribution in [0.15, 0.2) is 42.6 Å². The number of pyridine rings is 1. The molecule has 2 amide bonds. The Hall–Kier alpha value is -4.21. The van der Waals surface area contributed by atoms with Gasteiger partial charge >= 0.3 is 12.1 Å². The normalized spacial score (nSPS) is 15.4. The zero-order chi connectivity index (χ0) is 28.9. The van der Waals surface area contributed by atoms with Gasteiger partial charge in [-0.15, -0.1) is 0 Å². The number of hydrogen-bond acceptors (Lipinski definition) is 7. The lowest BCUT2D eigenvalue weighted by molar-refractivity contribution is 0.0195. The van der Waals surface area contributed by atoms with Crippen LogP contribution in [-0.2, 0) is 15.9 Å². The van der Waals surface area contributed by atoms with E-state index in [2.05, 4.69) is 15.3 Å². The van der Waals surface area contributed by atoms with Crippen LogP contribution in [0.2, 0.25) is 0 Å². The van der Waals surface area contributed by atoms with Crippen molar-refractivity contribution in [2.75, 3.05) is 25.0 Å². The van der Waals surface area contributed by atoms with Crippen LogP contribution in [0.3, 0.4) is 0 Å². The maximum Gasteiger partial charge on any atom is 0.410 e. The second-order valence-corrected chi connectivity index (χ2v) is 10.8. The first kappa shape index (κ1) is 28.8. The molecule has 4 rings (SSSR count). The van der Waals surface area contributed by atoms with Crippen molar-refractivity contribution < 1.29 is 23.9 Å². The van der Waals surface area contributed by atoms with Crippen LogP contribution < -0.4 is 5.32 Å². The molecule has 0 spiro atoms. The van der Waals surface area contributed by atoms with E-state index in [1.54, 1.807) is 42.3 Å². The molecule has 0 radical (unpaired) electrons. The fourth-order valence-electron chi connectivity index (χ4n) is 4.57. The summed E-state index contributed by atoms with van der Waals surface area (Å²) in [4.78, 5) is 52.2. The highest BCUT2D eigenvalue weighted by Gasteiger charge is 2.31. The number of aromatic nitrogens is 3. The van der Waals surface area contributed by atoms with Gasteiger partial charge in [-0.3, -0.25) is 4.79 Å². The molecule has 212 valence electrons. The number of nitrogens with one attached hydrogen (secondary N) is 2. The number of benzene rings is 1. The maximum absolute atomic E-state index is 12.8. The number of piperidine rings is 1. The Morgan fingerprint density at radius 2 is 1.88 bits per heavy atom. The molecule has 3 aromatic rings. The number of imidazole rings is 1. The average Bonchev–Trinajstić information content (AvgIpc) is 3.38. The number of ether oxygens (including phenoxy) is 2. The van der Waals surface area contributed by atoms with E-state index in [1.807, 2.05) is 39.8 Å². The topological polar surface area (TPSA) is 127 Å². The number of amides is 2. The van der Waals surface area contributed by atoms with E-state index >= 15 is 0 Å². The molecule has 1 saturated heterocycles. The quantitative estimate of drug-likeness (QED) is 0.370. The number of carbonyl (C=O) groups is 3. The van der Waals surface area contributed by atoms with Crippen molar-refractivity contribution >= 4 is 23.8 Å². The minimum absolute atomic E-state index is 0.0976. The first-order chi connectivity index (χ1) is 19.1. The number of hydrogen-bond donors (Lipinski definition) is 2. The fraction of sp³-hybridized carbons (Fsp3) is 0.433. The lowest BCUT2D eigenvalue weighted by Gasteiger charge is -2.33. The molecule has 10 heteroatoms. The van der Waals surface area contributed by atoms with E-state index in [0.29, 0.717) is 41.6 Å². The Bertz CT molecular complexity index is 1360. The van der Waals surface area contributed by atoms with Crippen LogP contribution in [0, 0.1) is 0 Å². The molecule has 1 aromatic carbocycles. The van der Waals surface area contributed by atoms with Gasteiger partial charge in [-0.05, 0) is 76.8 Å². The largest absolute Gasteiger partial charge is 0.461 e. The van der Waals surface area contributed by atoms with Crippen molar-refractivity contribution in [3.63, 3.8) is 0 Å². The molecule has 40 heavy (non-hydrogen) atoms. The number of likely N-dealkylation sites (tertiary alicyclic amines) is 1. The Kier molecular flexibility index (Phi) is 8.86. The van der Waals surface area contributed by atoms with Crippen molar-refractivity contribution in [2.24, 2.45) is 0 Å². The molecule has 10 nitrogen and oxygen atoms in total. The van der Waals surface area contributed by atoms with Crippen LogP contribution in [0.5, 0.6) is 0 Å². The Labute approximate surface area is 234 Å². The first-order valence-electron chi connectivity index (χ1n) is 13.7. The summed E-state index contributed by atoms with van der Waals surface area (Å²) < 4.78 is 10.8. The fourth-order valence-corrected chi connectivity index (χ4v) is 4.57. The predicted molar refractivity (Wildman–Crippen MR) is 151 cm³/mol. The summed E-state index contributed by atoms with van der Waals surface area (Å²) in [6.07, 6.45) is 3.74. The molecular formula is C30H37N5O5. The van der Waals surface area contributed by atoms with E-state index < -0.39 is 11.6 Å². The Morgan fingerprint density at radius 3 is 2.55 bits per heavy atom. The summed E-state index contributed by atoms with van der Waals surface area (Å²) in [6.45, 7) is 10.5. The number of aryl methyl sites for hydroxylation is 1. The van der Waals surface area contributed by atoms with Gasteiger partial charge in [0, 0.05) is 36.3 Å². The minimum atomic E-state index is -0.585. The highest BCUT2D eigenvalue weighted by molar-refractivity contribution is 6.04. The molecule has 2 aromatic heterocycles. The highest BCUT2D eigenvalue weighted by Crippen LogP contribution is 2.31. The average molecular weight is 548 g/mol. The summed E-state index contributed by atoms with van der Waals surface area (Å²) in [6, 6.07) is 10.6. The number of carbonyl (C=O) groups excluding carboxylic acids is 3. The third-order valence-corrected chi connectivity index (χ3v) is 6.56. The second-order valence-electron chi connectivity index (χ2n) is 10.8. The summed E-state index contributed by atoms with van der Waals surface area (Å²) in [5.74, 6) is 0.197. The van der Waals surface area contributed by atoms with Crippen molar-refractivity contribution in [3.05, 3.63) is 65.2 Å². The van der Waals surface area contributed by atoms with Crippen LogP contribution >= 0.6 is 0 Å². The van der Waals surface area contributed by atoms with Gasteiger partial charge in [0.15, 0.2) is 5.69 Å². The molecule has 0 aliphatic carbocycles. The van der Waals surface area contributed by atoms with Crippen LogP contribution in [0.4, 0.5) is 10.6 Å². The van der Waals surface area contributed by atoms with Gasteiger partial charge in [-0.2, -0.15) is 0 Å². The van der Waals surface area contributed by atoms with Crippen molar-refractivity contribution in [1.29, 1.82) is 0 Å². The summed E-state index contributed by atoms with van der Waals surface area (Å²) in [7, 11) is 0.